The topological polar surface area (TPSA) is 26.0 Å². The Kier molecular flexibility index (Phi) is 3.20. The maximum atomic E-state index is 6.23. The zero-order valence-corrected chi connectivity index (χ0v) is 10.8. The van der Waals surface area contributed by atoms with Crippen molar-refractivity contribution < 1.29 is 0 Å². The summed E-state index contributed by atoms with van der Waals surface area (Å²) >= 11 is 0. The van der Waals surface area contributed by atoms with Gasteiger partial charge in [0.05, 0.1) is 0 Å². The average molecular weight is 247 g/mol. The largest absolute Gasteiger partial charge is 0.398 e. The van der Waals surface area contributed by atoms with Crippen LogP contribution in [-0.4, -0.2) is 0 Å². The number of hydrogen-bond donors (Lipinski definition) is 1. The molecule has 0 fully saturated rings. The lowest BCUT2D eigenvalue weighted by Crippen LogP contribution is -2.01. The molecule has 1 nitrogen and oxygen atoms in total. The lowest BCUT2D eigenvalue weighted by Gasteiger charge is -2.16. The van der Waals surface area contributed by atoms with Gasteiger partial charge in [-0.1, -0.05) is 66.8 Å². The summed E-state index contributed by atoms with van der Waals surface area (Å²) in [5, 5.41) is 0. The van der Waals surface area contributed by atoms with Crippen LogP contribution in [0.4, 0.5) is 5.69 Å². The molecule has 0 amide bonds. The van der Waals surface area contributed by atoms with E-state index in [-0.39, 0.29) is 0 Å². The Hall–Kier alpha value is -2.28. The molecule has 1 aliphatic carbocycles. The molecule has 0 aliphatic heterocycles. The molecule has 0 spiro atoms. The van der Waals surface area contributed by atoms with Crippen LogP contribution in [0.5, 0.6) is 0 Å². The molecule has 0 saturated heterocycles. The van der Waals surface area contributed by atoms with Crippen molar-refractivity contribution in [1.82, 2.24) is 0 Å². The van der Waals surface area contributed by atoms with Crippen LogP contribution < -0.4 is 5.73 Å². The summed E-state index contributed by atoms with van der Waals surface area (Å²) in [7, 11) is 0. The maximum absolute atomic E-state index is 6.23. The van der Waals surface area contributed by atoms with Crippen LogP contribution in [0.25, 0.3) is 11.1 Å². The second-order valence-corrected chi connectivity index (χ2v) is 4.86. The monoisotopic (exact) mass is 247 g/mol. The quantitative estimate of drug-likeness (QED) is 0.775. The first kappa shape index (κ1) is 11.8. The van der Waals surface area contributed by atoms with E-state index in [1.807, 2.05) is 18.2 Å². The van der Waals surface area contributed by atoms with Crippen molar-refractivity contribution >= 4 is 5.69 Å². The minimum absolute atomic E-state index is 0.412. The van der Waals surface area contributed by atoms with Gasteiger partial charge in [0.1, 0.15) is 0 Å². The van der Waals surface area contributed by atoms with E-state index in [1.54, 1.807) is 0 Å². The van der Waals surface area contributed by atoms with E-state index < -0.39 is 0 Å². The Labute approximate surface area is 114 Å². The van der Waals surface area contributed by atoms with Crippen molar-refractivity contribution in [3.8, 4) is 11.1 Å². The van der Waals surface area contributed by atoms with Crippen LogP contribution in [0.2, 0.25) is 0 Å². The fraction of sp³-hybridized carbons (Fsp3) is 0.111. The second-order valence-electron chi connectivity index (χ2n) is 4.86. The predicted octanol–water partition coefficient (Wildman–Crippen LogP) is 4.54. The van der Waals surface area contributed by atoms with E-state index in [4.69, 9.17) is 5.73 Å². The Morgan fingerprint density at radius 1 is 0.895 bits per heavy atom. The molecular weight excluding hydrogens is 230 g/mol. The van der Waals surface area contributed by atoms with Crippen LogP contribution in [0, 0.1) is 0 Å². The molecule has 94 valence electrons. The number of hydrogen-bond acceptors (Lipinski definition) is 1. The van der Waals surface area contributed by atoms with Crippen LogP contribution in [0.3, 0.4) is 0 Å². The summed E-state index contributed by atoms with van der Waals surface area (Å²) in [6.07, 6.45) is 9.62. The van der Waals surface area contributed by atoms with Gasteiger partial charge in [0, 0.05) is 11.6 Å². The third-order valence-corrected chi connectivity index (χ3v) is 3.57. The summed E-state index contributed by atoms with van der Waals surface area (Å²) < 4.78 is 0. The van der Waals surface area contributed by atoms with Gasteiger partial charge < -0.3 is 5.73 Å². The molecule has 0 heterocycles. The molecule has 0 radical (unpaired) electrons. The first-order chi connectivity index (χ1) is 9.34. The van der Waals surface area contributed by atoms with Crippen molar-refractivity contribution in [3.63, 3.8) is 0 Å². The summed E-state index contributed by atoms with van der Waals surface area (Å²) in [6, 6.07) is 16.7. The molecule has 0 aromatic heterocycles. The zero-order valence-electron chi connectivity index (χ0n) is 10.8. The predicted molar refractivity (Wildman–Crippen MR) is 81.9 cm³/mol. The van der Waals surface area contributed by atoms with Gasteiger partial charge in [-0.15, -0.1) is 0 Å². The van der Waals surface area contributed by atoms with Crippen LogP contribution in [-0.2, 0) is 0 Å². The van der Waals surface area contributed by atoms with Gasteiger partial charge in [-0.25, -0.2) is 0 Å². The zero-order chi connectivity index (χ0) is 13.1. The van der Waals surface area contributed by atoms with Gasteiger partial charge in [-0.2, -0.15) is 0 Å². The third kappa shape index (κ3) is 2.45. The van der Waals surface area contributed by atoms with Crippen molar-refractivity contribution in [1.29, 1.82) is 0 Å². The first-order valence-electron chi connectivity index (χ1n) is 6.63. The molecule has 0 saturated carbocycles. The smallest absolute Gasteiger partial charge is 0.0358 e. The van der Waals surface area contributed by atoms with E-state index in [2.05, 4.69) is 54.6 Å². The van der Waals surface area contributed by atoms with Crippen molar-refractivity contribution in [2.75, 3.05) is 5.73 Å². The van der Waals surface area contributed by atoms with Gasteiger partial charge in [0.2, 0.25) is 0 Å². The minimum atomic E-state index is 0.412. The highest BCUT2D eigenvalue weighted by Gasteiger charge is 2.12. The lowest BCUT2D eigenvalue weighted by atomic mass is 9.90. The van der Waals surface area contributed by atoms with Gasteiger partial charge >= 0.3 is 0 Å². The van der Waals surface area contributed by atoms with Crippen molar-refractivity contribution in [2.24, 2.45) is 0 Å². The molecular formula is C18H17N. The van der Waals surface area contributed by atoms with Crippen molar-refractivity contribution in [2.45, 2.75) is 12.3 Å². The van der Waals surface area contributed by atoms with Gasteiger partial charge in [-0.05, 0) is 29.2 Å². The fourth-order valence-corrected chi connectivity index (χ4v) is 2.53. The number of anilines is 1. The first-order valence-corrected chi connectivity index (χ1v) is 6.63. The third-order valence-electron chi connectivity index (χ3n) is 3.57. The Bertz CT molecular complexity index is 623. The van der Waals surface area contributed by atoms with E-state index in [0.29, 0.717) is 5.92 Å². The van der Waals surface area contributed by atoms with Crippen LogP contribution >= 0.6 is 0 Å². The average Bonchev–Trinajstić information content (AvgIpc) is 2.49. The summed E-state index contributed by atoms with van der Waals surface area (Å²) in [5.41, 5.74) is 10.7. The SMILES string of the molecule is Nc1cc(-c2ccccc2)ccc1C1C=CC=CC1. The fourth-order valence-electron chi connectivity index (χ4n) is 2.53. The summed E-state index contributed by atoms with van der Waals surface area (Å²) in [5.74, 6) is 0.412. The van der Waals surface area contributed by atoms with Crippen LogP contribution in [0.15, 0.2) is 72.8 Å². The minimum Gasteiger partial charge on any atom is -0.398 e. The molecule has 2 aromatic rings. The molecule has 0 bridgehead atoms. The number of rotatable bonds is 2. The number of nitrogens with two attached hydrogens (primary N) is 1. The molecule has 19 heavy (non-hydrogen) atoms. The molecule has 2 aromatic carbocycles. The highest BCUT2D eigenvalue weighted by molar-refractivity contribution is 5.69. The van der Waals surface area contributed by atoms with Gasteiger partial charge in [-0.3, -0.25) is 0 Å². The van der Waals surface area contributed by atoms with Crippen molar-refractivity contribution in [3.05, 3.63) is 78.4 Å². The molecule has 1 aliphatic rings. The lowest BCUT2D eigenvalue weighted by molar-refractivity contribution is 0.857. The maximum Gasteiger partial charge on any atom is 0.0358 e. The molecule has 2 N–H and O–H groups in total. The summed E-state index contributed by atoms with van der Waals surface area (Å²) in [4.78, 5) is 0. The molecule has 1 heteroatoms. The Morgan fingerprint density at radius 2 is 1.74 bits per heavy atom. The number of benzene rings is 2. The number of nitrogen functional groups attached to an aromatic ring is 1. The van der Waals surface area contributed by atoms with E-state index in [1.165, 1.54) is 16.7 Å². The molecule has 1 unspecified atom stereocenters. The number of allylic oxidation sites excluding steroid dienone is 4. The standard InChI is InChI=1S/C18H17N/c19-18-13-16(14-7-3-1-4-8-14)11-12-17(18)15-9-5-2-6-10-15/h1-9,11-13,15H,10,19H2. The summed E-state index contributed by atoms with van der Waals surface area (Å²) in [6.45, 7) is 0. The van der Waals surface area contributed by atoms with Gasteiger partial charge in [0.25, 0.3) is 0 Å². The second kappa shape index (κ2) is 5.15. The van der Waals surface area contributed by atoms with Gasteiger partial charge in [0.15, 0.2) is 0 Å². The molecule has 3 rings (SSSR count). The van der Waals surface area contributed by atoms with E-state index in [0.717, 1.165) is 12.1 Å². The Balaban J connectivity index is 1.94. The van der Waals surface area contributed by atoms with E-state index >= 15 is 0 Å². The molecule has 1 atom stereocenters. The highest BCUT2D eigenvalue weighted by Crippen LogP contribution is 2.32. The Morgan fingerprint density at radius 3 is 2.42 bits per heavy atom. The highest BCUT2D eigenvalue weighted by atomic mass is 14.6. The normalized spacial score (nSPS) is 17.6. The van der Waals surface area contributed by atoms with E-state index in [9.17, 15) is 0 Å². The van der Waals surface area contributed by atoms with Crippen LogP contribution in [0.1, 0.15) is 17.9 Å².